The molecule has 1 aromatic carbocycles. The van der Waals surface area contributed by atoms with Crippen LogP contribution >= 0.6 is 34.8 Å². The molecule has 0 saturated carbocycles. The van der Waals surface area contributed by atoms with Crippen LogP contribution in [0.3, 0.4) is 0 Å². The topological polar surface area (TPSA) is 55.8 Å². The lowest BCUT2D eigenvalue weighted by Crippen LogP contribution is -2.28. The molecule has 0 aliphatic heterocycles. The fourth-order valence-electron chi connectivity index (χ4n) is 1.02. The van der Waals surface area contributed by atoms with E-state index in [1.165, 1.54) is 19.2 Å². The minimum atomic E-state index is -0.710. The molecule has 98 valence electrons. The maximum absolute atomic E-state index is 11.9. The number of hydroxylamine groups is 2. The van der Waals surface area contributed by atoms with Crippen molar-refractivity contribution in [1.82, 2.24) is 5.06 Å². The molecular formula is C10H8Cl3NO4. The standard InChI is InChI=1S/C10H8Cl3NO4/c1-5(15)17-18-14(2)10(16)8-6(11)3-4-7(12)9(8)13/h3-4H,1-2H3. The average Bonchev–Trinajstić information content (AvgIpc) is 2.31. The smallest absolute Gasteiger partial charge is 0.275 e. The van der Waals surface area contributed by atoms with Crippen LogP contribution in [0.25, 0.3) is 0 Å². The lowest BCUT2D eigenvalue weighted by molar-refractivity contribution is -0.367. The van der Waals surface area contributed by atoms with Crippen molar-refractivity contribution < 1.29 is 19.5 Å². The molecule has 0 spiro atoms. The van der Waals surface area contributed by atoms with Crippen LogP contribution in [-0.4, -0.2) is 24.0 Å². The zero-order chi connectivity index (χ0) is 13.9. The van der Waals surface area contributed by atoms with Crippen molar-refractivity contribution in [3.63, 3.8) is 0 Å². The second-order valence-corrected chi connectivity index (χ2v) is 4.36. The van der Waals surface area contributed by atoms with Crippen molar-refractivity contribution >= 4 is 46.7 Å². The van der Waals surface area contributed by atoms with Crippen LogP contribution in [0.4, 0.5) is 0 Å². The first-order valence-corrected chi connectivity index (χ1v) is 5.74. The molecule has 18 heavy (non-hydrogen) atoms. The quantitative estimate of drug-likeness (QED) is 0.489. The van der Waals surface area contributed by atoms with Gasteiger partial charge in [-0.25, -0.2) is 4.79 Å². The van der Waals surface area contributed by atoms with Crippen molar-refractivity contribution in [2.75, 3.05) is 7.05 Å². The largest absolute Gasteiger partial charge is 0.342 e. The van der Waals surface area contributed by atoms with Crippen molar-refractivity contribution in [3.05, 3.63) is 32.8 Å². The number of hydrogen-bond donors (Lipinski definition) is 0. The van der Waals surface area contributed by atoms with E-state index in [0.717, 1.165) is 6.92 Å². The molecule has 1 rings (SSSR count). The highest BCUT2D eigenvalue weighted by molar-refractivity contribution is 6.46. The van der Waals surface area contributed by atoms with E-state index in [9.17, 15) is 9.59 Å². The SMILES string of the molecule is CC(=O)OON(C)C(=O)c1c(Cl)ccc(Cl)c1Cl. The van der Waals surface area contributed by atoms with Crippen LogP contribution in [0.5, 0.6) is 0 Å². The first-order chi connectivity index (χ1) is 8.34. The van der Waals surface area contributed by atoms with Gasteiger partial charge in [0.05, 0.1) is 20.6 Å². The lowest BCUT2D eigenvalue weighted by atomic mass is 10.2. The Morgan fingerprint density at radius 2 is 1.72 bits per heavy atom. The number of hydrogen-bond acceptors (Lipinski definition) is 4. The molecular weight excluding hydrogens is 304 g/mol. The van der Waals surface area contributed by atoms with E-state index in [-0.39, 0.29) is 20.6 Å². The summed E-state index contributed by atoms with van der Waals surface area (Å²) in [5.74, 6) is -1.41. The number of benzene rings is 1. The predicted octanol–water partition coefficient (Wildman–Crippen LogP) is 3.13. The van der Waals surface area contributed by atoms with Gasteiger partial charge in [0.25, 0.3) is 5.91 Å². The fourth-order valence-corrected chi connectivity index (χ4v) is 1.71. The number of carbonyl (C=O) groups is 2. The van der Waals surface area contributed by atoms with E-state index < -0.39 is 11.9 Å². The molecule has 1 aromatic rings. The molecule has 5 nitrogen and oxygen atoms in total. The molecule has 0 unspecified atom stereocenters. The van der Waals surface area contributed by atoms with E-state index >= 15 is 0 Å². The van der Waals surface area contributed by atoms with E-state index in [1.54, 1.807) is 0 Å². The Hall–Kier alpha value is -1.01. The van der Waals surface area contributed by atoms with Crippen LogP contribution < -0.4 is 0 Å². The van der Waals surface area contributed by atoms with Gasteiger partial charge >= 0.3 is 5.97 Å². The molecule has 8 heteroatoms. The van der Waals surface area contributed by atoms with Crippen molar-refractivity contribution in [2.24, 2.45) is 0 Å². The summed E-state index contributed by atoms with van der Waals surface area (Å²) in [6.07, 6.45) is 0. The molecule has 0 aliphatic rings. The van der Waals surface area contributed by atoms with Gasteiger partial charge in [0.1, 0.15) is 0 Å². The zero-order valence-electron chi connectivity index (χ0n) is 9.37. The number of amides is 1. The van der Waals surface area contributed by atoms with Gasteiger partial charge in [-0.05, 0) is 12.1 Å². The van der Waals surface area contributed by atoms with Crippen LogP contribution in [0.15, 0.2) is 12.1 Å². The van der Waals surface area contributed by atoms with Gasteiger partial charge in [0, 0.05) is 14.0 Å². The molecule has 0 saturated heterocycles. The van der Waals surface area contributed by atoms with Gasteiger partial charge in [-0.1, -0.05) is 39.8 Å². The van der Waals surface area contributed by atoms with E-state index in [1.807, 2.05) is 0 Å². The Kier molecular flexibility index (Phi) is 5.22. The second-order valence-electron chi connectivity index (χ2n) is 3.17. The summed E-state index contributed by atoms with van der Waals surface area (Å²) in [6, 6.07) is 2.87. The van der Waals surface area contributed by atoms with Gasteiger partial charge in [0.2, 0.25) is 0 Å². The number of halogens is 3. The average molecular weight is 313 g/mol. The first-order valence-electron chi connectivity index (χ1n) is 4.61. The van der Waals surface area contributed by atoms with Gasteiger partial charge < -0.3 is 0 Å². The Bertz CT molecular complexity index is 492. The Morgan fingerprint density at radius 1 is 1.17 bits per heavy atom. The van der Waals surface area contributed by atoms with Gasteiger partial charge in [-0.15, -0.1) is 0 Å². The van der Waals surface area contributed by atoms with Crippen LogP contribution in [0.2, 0.25) is 15.1 Å². The third-order valence-corrected chi connectivity index (χ3v) is 2.93. The maximum Gasteiger partial charge on any atom is 0.342 e. The lowest BCUT2D eigenvalue weighted by Gasteiger charge is -2.15. The summed E-state index contributed by atoms with van der Waals surface area (Å²) in [6.45, 7) is 1.12. The summed E-state index contributed by atoms with van der Waals surface area (Å²) in [5, 5.41) is 0.940. The summed E-state index contributed by atoms with van der Waals surface area (Å²) < 4.78 is 0. The van der Waals surface area contributed by atoms with Crippen molar-refractivity contribution in [3.8, 4) is 0 Å². The third-order valence-electron chi connectivity index (χ3n) is 1.81. The summed E-state index contributed by atoms with van der Waals surface area (Å²) in [5.41, 5.74) is -0.0412. The van der Waals surface area contributed by atoms with Gasteiger partial charge in [-0.2, -0.15) is 5.06 Å². The molecule has 0 fully saturated rings. The monoisotopic (exact) mass is 311 g/mol. The molecule has 0 N–H and O–H groups in total. The van der Waals surface area contributed by atoms with Crippen molar-refractivity contribution in [1.29, 1.82) is 0 Å². The Morgan fingerprint density at radius 3 is 2.28 bits per heavy atom. The van der Waals surface area contributed by atoms with Crippen molar-refractivity contribution in [2.45, 2.75) is 6.92 Å². The van der Waals surface area contributed by atoms with E-state index in [4.69, 9.17) is 34.8 Å². The highest BCUT2D eigenvalue weighted by Gasteiger charge is 2.22. The molecule has 1 amide bonds. The molecule has 0 aromatic heterocycles. The molecule has 0 radical (unpaired) electrons. The predicted molar refractivity (Wildman–Crippen MR) is 66.4 cm³/mol. The summed E-state index contributed by atoms with van der Waals surface area (Å²) in [4.78, 5) is 31.1. The van der Waals surface area contributed by atoms with E-state index in [2.05, 4.69) is 9.88 Å². The van der Waals surface area contributed by atoms with Crippen LogP contribution in [-0.2, 0) is 14.7 Å². The maximum atomic E-state index is 11.9. The normalized spacial score (nSPS) is 10.1. The minimum absolute atomic E-state index is 0.00700. The fraction of sp³-hybridized carbons (Fsp3) is 0.200. The molecule has 0 atom stereocenters. The van der Waals surface area contributed by atoms with E-state index in [0.29, 0.717) is 5.06 Å². The number of rotatable bonds is 3. The molecule has 0 bridgehead atoms. The third kappa shape index (κ3) is 3.49. The summed E-state index contributed by atoms with van der Waals surface area (Å²) in [7, 11) is 1.23. The summed E-state index contributed by atoms with van der Waals surface area (Å²) >= 11 is 17.5. The Labute approximate surface area is 118 Å². The second kappa shape index (κ2) is 6.24. The number of nitrogens with zero attached hydrogens (tertiary/aromatic N) is 1. The minimum Gasteiger partial charge on any atom is -0.275 e. The molecule has 0 aliphatic carbocycles. The molecule has 0 heterocycles. The Balaban J connectivity index is 2.97. The first kappa shape index (κ1) is 15.0. The van der Waals surface area contributed by atoms with Gasteiger partial charge in [0.15, 0.2) is 0 Å². The van der Waals surface area contributed by atoms with Crippen LogP contribution in [0, 0.1) is 0 Å². The van der Waals surface area contributed by atoms with Crippen LogP contribution in [0.1, 0.15) is 17.3 Å². The van der Waals surface area contributed by atoms with Gasteiger partial charge in [-0.3, -0.25) is 9.68 Å². The number of carbonyl (C=O) groups excluding carboxylic acids is 2. The highest BCUT2D eigenvalue weighted by atomic mass is 35.5. The zero-order valence-corrected chi connectivity index (χ0v) is 11.6. The highest BCUT2D eigenvalue weighted by Crippen LogP contribution is 2.32.